The molecule has 1 aromatic heterocycles. The molecule has 0 bridgehead atoms. The highest BCUT2D eigenvalue weighted by atomic mass is 16.2. The number of urea groups is 1. The number of rotatable bonds is 6. The Labute approximate surface area is 247 Å². The third-order valence-electron chi connectivity index (χ3n) is 9.61. The fourth-order valence-corrected chi connectivity index (χ4v) is 7.36. The lowest BCUT2D eigenvalue weighted by atomic mass is 9.73. The third kappa shape index (κ3) is 5.50. The van der Waals surface area contributed by atoms with Crippen LogP contribution in [-0.2, 0) is 21.4 Å². The Hall–Kier alpha value is -3.85. The number of likely N-dealkylation sites (tertiary alicyclic amines) is 1. The number of para-hydroxylation sites is 1. The highest BCUT2D eigenvalue weighted by molar-refractivity contribution is 5.90. The molecule has 42 heavy (non-hydrogen) atoms. The van der Waals surface area contributed by atoms with Crippen molar-refractivity contribution < 1.29 is 14.4 Å². The van der Waals surface area contributed by atoms with E-state index in [1.54, 1.807) is 4.90 Å². The Bertz CT molecular complexity index is 1450. The van der Waals surface area contributed by atoms with Gasteiger partial charge in [-0.15, -0.1) is 0 Å². The maximum Gasteiger partial charge on any atom is 0.315 e. The number of benzene rings is 2. The third-order valence-corrected chi connectivity index (χ3v) is 9.61. The summed E-state index contributed by atoms with van der Waals surface area (Å²) < 4.78 is 0. The van der Waals surface area contributed by atoms with E-state index in [2.05, 4.69) is 39.1 Å². The van der Waals surface area contributed by atoms with Crippen molar-refractivity contribution in [3.05, 3.63) is 71.4 Å². The van der Waals surface area contributed by atoms with Gasteiger partial charge in [0.25, 0.3) is 0 Å². The SMILES string of the molecule is CN(C)C(=O)C1CC2(CCN(C(=O)C(Cc3c[nH]c4ccccc34)NC(=O)NC3CCCNC3)CC2)c2ccccc21. The van der Waals surface area contributed by atoms with Crippen LogP contribution in [0.3, 0.4) is 0 Å². The lowest BCUT2D eigenvalue weighted by Crippen LogP contribution is -2.57. The summed E-state index contributed by atoms with van der Waals surface area (Å²) in [6.07, 6.45) is 6.66. The Morgan fingerprint density at radius 3 is 2.60 bits per heavy atom. The monoisotopic (exact) mass is 570 g/mol. The molecule has 3 aromatic rings. The number of piperidine rings is 2. The zero-order valence-corrected chi connectivity index (χ0v) is 24.6. The lowest BCUT2D eigenvalue weighted by molar-refractivity contribution is -0.135. The van der Waals surface area contributed by atoms with E-state index in [0.717, 1.165) is 67.2 Å². The molecule has 3 aliphatic rings. The minimum absolute atomic E-state index is 0.0534. The summed E-state index contributed by atoms with van der Waals surface area (Å²) in [7, 11) is 3.64. The van der Waals surface area contributed by atoms with Gasteiger partial charge in [-0.3, -0.25) is 9.59 Å². The molecule has 1 spiro atoms. The molecule has 4 N–H and O–H groups in total. The molecule has 222 valence electrons. The van der Waals surface area contributed by atoms with Gasteiger partial charge in [-0.25, -0.2) is 4.79 Å². The van der Waals surface area contributed by atoms with Gasteiger partial charge in [-0.2, -0.15) is 0 Å². The second-order valence-corrected chi connectivity index (χ2v) is 12.5. The van der Waals surface area contributed by atoms with Crippen molar-refractivity contribution in [1.82, 2.24) is 30.7 Å². The average molecular weight is 571 g/mol. The lowest BCUT2D eigenvalue weighted by Gasteiger charge is -2.41. The number of aromatic amines is 1. The van der Waals surface area contributed by atoms with Gasteiger partial charge >= 0.3 is 6.03 Å². The molecule has 3 unspecified atom stereocenters. The Morgan fingerprint density at radius 2 is 1.83 bits per heavy atom. The van der Waals surface area contributed by atoms with Crippen LogP contribution in [0.25, 0.3) is 10.9 Å². The van der Waals surface area contributed by atoms with Gasteiger partial charge in [0.15, 0.2) is 0 Å². The fourth-order valence-electron chi connectivity index (χ4n) is 7.36. The van der Waals surface area contributed by atoms with Crippen molar-refractivity contribution in [2.24, 2.45) is 0 Å². The summed E-state index contributed by atoms with van der Waals surface area (Å²) in [4.78, 5) is 47.2. The number of amides is 4. The normalized spacial score (nSPS) is 22.0. The second kappa shape index (κ2) is 11.8. The van der Waals surface area contributed by atoms with Gasteiger partial charge in [-0.1, -0.05) is 42.5 Å². The Balaban J connectivity index is 1.19. The van der Waals surface area contributed by atoms with E-state index in [4.69, 9.17) is 0 Å². The van der Waals surface area contributed by atoms with Crippen LogP contribution >= 0.6 is 0 Å². The fraction of sp³-hybridized carbons (Fsp3) is 0.485. The molecular weight excluding hydrogens is 528 g/mol. The van der Waals surface area contributed by atoms with Gasteiger partial charge < -0.3 is 30.7 Å². The van der Waals surface area contributed by atoms with Crippen molar-refractivity contribution in [2.75, 3.05) is 40.3 Å². The first-order valence-corrected chi connectivity index (χ1v) is 15.3. The molecule has 2 aliphatic heterocycles. The molecule has 9 heteroatoms. The van der Waals surface area contributed by atoms with Crippen LogP contribution in [0.4, 0.5) is 4.79 Å². The molecule has 1 aliphatic carbocycles. The number of hydrogen-bond donors (Lipinski definition) is 4. The highest BCUT2D eigenvalue weighted by Crippen LogP contribution is 2.52. The van der Waals surface area contributed by atoms with E-state index in [9.17, 15) is 14.4 Å². The largest absolute Gasteiger partial charge is 0.361 e. The van der Waals surface area contributed by atoms with E-state index in [1.807, 2.05) is 55.5 Å². The van der Waals surface area contributed by atoms with Crippen LogP contribution in [0.5, 0.6) is 0 Å². The smallest absolute Gasteiger partial charge is 0.315 e. The Morgan fingerprint density at radius 1 is 1.07 bits per heavy atom. The first kappa shape index (κ1) is 28.3. The summed E-state index contributed by atoms with van der Waals surface area (Å²) in [5.41, 5.74) is 4.29. The van der Waals surface area contributed by atoms with E-state index < -0.39 is 6.04 Å². The van der Waals surface area contributed by atoms with Crippen molar-refractivity contribution in [2.45, 2.75) is 61.9 Å². The molecule has 9 nitrogen and oxygen atoms in total. The molecule has 0 radical (unpaired) electrons. The van der Waals surface area contributed by atoms with Gasteiger partial charge in [0.2, 0.25) is 11.8 Å². The van der Waals surface area contributed by atoms with E-state index >= 15 is 0 Å². The van der Waals surface area contributed by atoms with Crippen molar-refractivity contribution in [3.8, 4) is 0 Å². The minimum atomic E-state index is -0.686. The maximum atomic E-state index is 14.1. The molecule has 3 heterocycles. The summed E-state index contributed by atoms with van der Waals surface area (Å²) in [5, 5.41) is 10.5. The highest BCUT2D eigenvalue weighted by Gasteiger charge is 2.48. The van der Waals surface area contributed by atoms with Gasteiger partial charge in [0.05, 0.1) is 5.92 Å². The molecule has 3 atom stereocenters. The number of nitrogens with one attached hydrogen (secondary N) is 4. The van der Waals surface area contributed by atoms with Crippen LogP contribution in [0.1, 0.15) is 54.7 Å². The van der Waals surface area contributed by atoms with Gasteiger partial charge in [0, 0.05) is 68.7 Å². The number of carbonyl (C=O) groups excluding carboxylic acids is 3. The number of hydrogen-bond acceptors (Lipinski definition) is 4. The zero-order chi connectivity index (χ0) is 29.3. The Kier molecular flexibility index (Phi) is 7.94. The number of carbonyl (C=O) groups is 3. The quantitative estimate of drug-likeness (QED) is 0.365. The van der Waals surface area contributed by atoms with Crippen molar-refractivity contribution >= 4 is 28.7 Å². The summed E-state index contributed by atoms with van der Waals surface area (Å²) in [6, 6.07) is 15.4. The minimum Gasteiger partial charge on any atom is -0.361 e. The van der Waals surface area contributed by atoms with Crippen molar-refractivity contribution in [3.63, 3.8) is 0 Å². The number of aromatic nitrogens is 1. The van der Waals surface area contributed by atoms with Crippen LogP contribution in [-0.4, -0.2) is 85.0 Å². The van der Waals surface area contributed by atoms with Gasteiger partial charge in [-0.05, 0) is 61.4 Å². The predicted octanol–water partition coefficient (Wildman–Crippen LogP) is 3.27. The predicted molar refractivity (Wildman–Crippen MR) is 163 cm³/mol. The van der Waals surface area contributed by atoms with E-state index in [0.29, 0.717) is 19.5 Å². The molecule has 2 saturated heterocycles. The van der Waals surface area contributed by atoms with E-state index in [1.165, 1.54) is 5.56 Å². The van der Waals surface area contributed by atoms with Crippen molar-refractivity contribution in [1.29, 1.82) is 0 Å². The number of likely N-dealkylation sites (N-methyl/N-ethyl adjacent to an activating group) is 1. The van der Waals surface area contributed by atoms with E-state index in [-0.39, 0.29) is 35.2 Å². The number of fused-ring (bicyclic) bond motifs is 3. The van der Waals surface area contributed by atoms with Crippen LogP contribution in [0.15, 0.2) is 54.7 Å². The molecule has 6 rings (SSSR count). The van der Waals surface area contributed by atoms with Crippen LogP contribution in [0.2, 0.25) is 0 Å². The summed E-state index contributed by atoms with van der Waals surface area (Å²) in [5.74, 6) is -0.0630. The molecule has 4 amide bonds. The standard InChI is InChI=1S/C33H42N6O3/c1-38(2)30(40)26-19-33(27-11-5-3-10-25(26)27)13-16-39(17-14-33)31(41)29(37-32(42)36-23-8-7-15-34-21-23)18-22-20-35-28-12-6-4-9-24(22)28/h3-6,9-12,20,23,26,29,34-35H,7-8,13-19,21H2,1-2H3,(H2,36,37,42). The molecule has 0 saturated carbocycles. The topological polar surface area (TPSA) is 110 Å². The number of nitrogens with zero attached hydrogens (tertiary/aromatic N) is 2. The first-order chi connectivity index (χ1) is 20.3. The molecule has 2 fully saturated rings. The average Bonchev–Trinajstić information content (AvgIpc) is 3.56. The molecular formula is C33H42N6O3. The molecule has 2 aromatic carbocycles. The summed E-state index contributed by atoms with van der Waals surface area (Å²) >= 11 is 0. The summed E-state index contributed by atoms with van der Waals surface area (Å²) in [6.45, 7) is 2.89. The maximum absolute atomic E-state index is 14.1. The first-order valence-electron chi connectivity index (χ1n) is 15.3. The van der Waals surface area contributed by atoms with Crippen LogP contribution < -0.4 is 16.0 Å². The second-order valence-electron chi connectivity index (χ2n) is 12.5. The number of H-pyrrole nitrogens is 1. The van der Waals surface area contributed by atoms with Gasteiger partial charge in [0.1, 0.15) is 6.04 Å². The zero-order valence-electron chi connectivity index (χ0n) is 24.6. The van der Waals surface area contributed by atoms with Crippen LogP contribution in [0, 0.1) is 0 Å².